The van der Waals surface area contributed by atoms with Crippen LogP contribution in [0.5, 0.6) is 5.75 Å². The van der Waals surface area contributed by atoms with Crippen LogP contribution in [0.25, 0.3) is 0 Å². The fourth-order valence-electron chi connectivity index (χ4n) is 6.30. The number of rotatable bonds is 3. The van der Waals surface area contributed by atoms with Crippen LogP contribution >= 0.6 is 0 Å². The number of hydrogen-bond donors (Lipinski definition) is 0. The molecule has 0 radical (unpaired) electrons. The topological polar surface area (TPSA) is 85.3 Å². The summed E-state index contributed by atoms with van der Waals surface area (Å²) in [6.07, 6.45) is 1.68. The number of fused-ring (bicyclic) bond motifs is 5. The maximum Gasteiger partial charge on any atom is 0.331 e. The molecule has 1 aliphatic carbocycles. The lowest BCUT2D eigenvalue weighted by molar-refractivity contribution is -0.161. The number of nitrogens with zero attached hydrogens (tertiary/aromatic N) is 2. The van der Waals surface area contributed by atoms with Crippen molar-refractivity contribution in [1.29, 1.82) is 0 Å². The number of benzene rings is 3. The first kappa shape index (κ1) is 24.1. The van der Waals surface area contributed by atoms with Gasteiger partial charge in [-0.3, -0.25) is 14.6 Å². The molecule has 0 bridgehead atoms. The average Bonchev–Trinajstić information content (AvgIpc) is 3.34. The van der Waals surface area contributed by atoms with E-state index < -0.39 is 35.0 Å². The summed E-state index contributed by atoms with van der Waals surface area (Å²) in [5.74, 6) is -1.36. The molecule has 3 aromatic rings. The van der Waals surface area contributed by atoms with Crippen LogP contribution in [0.2, 0.25) is 0 Å². The minimum atomic E-state index is -1.62. The van der Waals surface area contributed by atoms with Crippen LogP contribution in [0, 0.1) is 5.41 Å². The molecule has 0 N–H and O–H groups in total. The van der Waals surface area contributed by atoms with Crippen molar-refractivity contribution in [3.05, 3.63) is 101 Å². The largest absolute Gasteiger partial charge is 0.497 e. The van der Waals surface area contributed by atoms with E-state index in [1.807, 2.05) is 36.4 Å². The second-order valence-corrected chi connectivity index (χ2v) is 11.0. The molecule has 1 saturated heterocycles. The zero-order valence-corrected chi connectivity index (χ0v) is 21.7. The first-order valence-corrected chi connectivity index (χ1v) is 12.6. The van der Waals surface area contributed by atoms with Crippen LogP contribution < -0.4 is 4.74 Å². The van der Waals surface area contributed by atoms with Gasteiger partial charge in [0, 0.05) is 17.0 Å². The van der Waals surface area contributed by atoms with E-state index in [1.54, 1.807) is 75.5 Å². The minimum absolute atomic E-state index is 0.299. The summed E-state index contributed by atoms with van der Waals surface area (Å²) in [4.78, 5) is 43.1. The third-order valence-corrected chi connectivity index (χ3v) is 7.70. The first-order valence-electron chi connectivity index (χ1n) is 12.6. The van der Waals surface area contributed by atoms with Gasteiger partial charge in [-0.1, -0.05) is 60.7 Å². The molecule has 7 heteroatoms. The van der Waals surface area contributed by atoms with Crippen molar-refractivity contribution in [2.75, 3.05) is 7.11 Å². The summed E-state index contributed by atoms with van der Waals surface area (Å²) in [5, 5.41) is 6.34. The van der Waals surface area contributed by atoms with Gasteiger partial charge in [-0.25, -0.2) is 4.79 Å². The highest BCUT2D eigenvalue weighted by molar-refractivity contribution is 6.31. The van der Waals surface area contributed by atoms with Crippen LogP contribution in [-0.4, -0.2) is 47.5 Å². The van der Waals surface area contributed by atoms with Gasteiger partial charge in [0.2, 0.25) is 0 Å². The Morgan fingerprint density at radius 1 is 0.895 bits per heavy atom. The molecule has 2 heterocycles. The van der Waals surface area contributed by atoms with Crippen LogP contribution in [0.3, 0.4) is 0 Å². The van der Waals surface area contributed by atoms with Crippen molar-refractivity contribution in [1.82, 2.24) is 5.01 Å². The summed E-state index contributed by atoms with van der Waals surface area (Å²) >= 11 is 0. The molecule has 38 heavy (non-hydrogen) atoms. The molecule has 3 atom stereocenters. The molecule has 0 amide bonds. The summed E-state index contributed by atoms with van der Waals surface area (Å²) in [6, 6.07) is 19.9. The Hall–Kier alpha value is -4.26. The number of carbonyl (C=O) groups excluding carboxylic acids is 3. The predicted octanol–water partition coefficient (Wildman–Crippen LogP) is 4.96. The number of carbonyl (C=O) groups is 3. The predicted molar refractivity (Wildman–Crippen MR) is 142 cm³/mol. The van der Waals surface area contributed by atoms with Crippen LogP contribution in [0.4, 0.5) is 0 Å². The van der Waals surface area contributed by atoms with E-state index in [0.29, 0.717) is 22.4 Å². The molecule has 7 nitrogen and oxygen atoms in total. The van der Waals surface area contributed by atoms with Crippen LogP contribution in [0.15, 0.2) is 77.9 Å². The van der Waals surface area contributed by atoms with Crippen molar-refractivity contribution in [3.63, 3.8) is 0 Å². The smallest absolute Gasteiger partial charge is 0.331 e. The van der Waals surface area contributed by atoms with Crippen molar-refractivity contribution >= 4 is 23.8 Å². The summed E-state index contributed by atoms with van der Waals surface area (Å²) < 4.78 is 11.3. The maximum atomic E-state index is 14.6. The Labute approximate surface area is 221 Å². The first-order chi connectivity index (χ1) is 18.2. The zero-order valence-electron chi connectivity index (χ0n) is 21.7. The van der Waals surface area contributed by atoms with Crippen LogP contribution in [-0.2, 0) is 9.53 Å². The molecule has 0 aromatic heterocycles. The quantitative estimate of drug-likeness (QED) is 0.367. The SMILES string of the molecule is COc1ccc([C@@H]2[C@@H](C(=O)OC(C)(C)C)N3N=Cc4ccccc4C3C23C(=O)c2ccccc2C3=O)cc1. The third kappa shape index (κ3) is 3.27. The van der Waals surface area contributed by atoms with Crippen molar-refractivity contribution in [3.8, 4) is 5.75 Å². The van der Waals surface area contributed by atoms with Crippen molar-refractivity contribution < 1.29 is 23.9 Å². The van der Waals surface area contributed by atoms with Gasteiger partial charge < -0.3 is 9.47 Å². The Balaban J connectivity index is 1.66. The number of hydrazone groups is 1. The van der Waals surface area contributed by atoms with Crippen molar-refractivity contribution in [2.24, 2.45) is 10.5 Å². The van der Waals surface area contributed by atoms with Gasteiger partial charge in [-0.2, -0.15) is 5.10 Å². The fraction of sp³-hybridized carbons (Fsp3) is 0.290. The van der Waals surface area contributed by atoms with Gasteiger partial charge in [0.25, 0.3) is 0 Å². The third-order valence-electron chi connectivity index (χ3n) is 7.70. The van der Waals surface area contributed by atoms with E-state index in [2.05, 4.69) is 0 Å². The Bertz CT molecular complexity index is 1470. The number of Topliss-reactive ketones (excluding diaryl/α,β-unsaturated/α-hetero) is 2. The summed E-state index contributed by atoms with van der Waals surface area (Å²) in [6.45, 7) is 5.39. The Kier molecular flexibility index (Phi) is 5.31. The van der Waals surface area contributed by atoms with E-state index in [-0.39, 0.29) is 11.6 Å². The molecule has 3 aromatic carbocycles. The molecule has 1 unspecified atom stereocenters. The second kappa shape index (κ2) is 8.38. The highest BCUT2D eigenvalue weighted by Crippen LogP contribution is 2.64. The van der Waals surface area contributed by atoms with Gasteiger partial charge in [-0.05, 0) is 49.6 Å². The standard InChI is InChI=1S/C31H28N2O5/c1-30(2,3)38-29(36)25-24(18-13-15-20(37-4)16-14-18)31(27(34)22-11-7-8-12-23(22)28(31)35)26-21-10-6-5-9-19(21)17-32-33(25)26/h5-17,24-26H,1-4H3/t24-,25+,26?/m1/s1. The number of methoxy groups -OCH3 is 1. The molecule has 1 fully saturated rings. The van der Waals surface area contributed by atoms with Crippen LogP contribution in [0.1, 0.15) is 70.1 Å². The number of hydrogen-bond acceptors (Lipinski definition) is 7. The highest BCUT2D eigenvalue weighted by atomic mass is 16.6. The minimum Gasteiger partial charge on any atom is -0.497 e. The lowest BCUT2D eigenvalue weighted by atomic mass is 9.63. The van der Waals surface area contributed by atoms with E-state index in [1.165, 1.54) is 0 Å². The molecule has 6 rings (SSSR count). The number of esters is 1. The van der Waals surface area contributed by atoms with Gasteiger partial charge in [0.15, 0.2) is 17.6 Å². The lowest BCUT2D eigenvalue weighted by Crippen LogP contribution is -2.44. The Morgan fingerprint density at radius 3 is 2.11 bits per heavy atom. The summed E-state index contributed by atoms with van der Waals surface area (Å²) in [7, 11) is 1.57. The monoisotopic (exact) mass is 508 g/mol. The summed E-state index contributed by atoms with van der Waals surface area (Å²) in [5.41, 5.74) is 0.591. The second-order valence-electron chi connectivity index (χ2n) is 11.0. The average molecular weight is 509 g/mol. The lowest BCUT2D eigenvalue weighted by Gasteiger charge is -2.36. The molecule has 3 aliphatic rings. The van der Waals surface area contributed by atoms with Gasteiger partial charge in [0.1, 0.15) is 16.8 Å². The van der Waals surface area contributed by atoms with Gasteiger partial charge in [0.05, 0.1) is 19.4 Å². The normalized spacial score (nSPS) is 22.7. The highest BCUT2D eigenvalue weighted by Gasteiger charge is 2.73. The Morgan fingerprint density at radius 2 is 1.50 bits per heavy atom. The van der Waals surface area contributed by atoms with Crippen molar-refractivity contribution in [2.45, 2.75) is 44.4 Å². The molecule has 2 aliphatic heterocycles. The maximum absolute atomic E-state index is 14.6. The van der Waals surface area contributed by atoms with E-state index in [4.69, 9.17) is 14.6 Å². The number of ketones is 2. The molecular formula is C31H28N2O5. The van der Waals surface area contributed by atoms with E-state index in [9.17, 15) is 14.4 Å². The molecule has 192 valence electrons. The number of ether oxygens (including phenoxy) is 2. The van der Waals surface area contributed by atoms with E-state index >= 15 is 0 Å². The zero-order chi connectivity index (χ0) is 26.8. The van der Waals surface area contributed by atoms with E-state index in [0.717, 1.165) is 11.1 Å². The molecule has 1 spiro atoms. The fourth-order valence-corrected chi connectivity index (χ4v) is 6.30. The molecular weight excluding hydrogens is 480 g/mol. The molecule has 0 saturated carbocycles. The van der Waals surface area contributed by atoms with Gasteiger partial charge in [-0.15, -0.1) is 0 Å². The van der Waals surface area contributed by atoms with Gasteiger partial charge >= 0.3 is 5.97 Å².